The summed E-state index contributed by atoms with van der Waals surface area (Å²) in [5.41, 5.74) is 0. The van der Waals surface area contributed by atoms with E-state index in [9.17, 15) is 0 Å². The van der Waals surface area contributed by atoms with Crippen LogP contribution < -0.4 is 0 Å². The van der Waals surface area contributed by atoms with E-state index in [2.05, 4.69) is 0 Å². The van der Waals surface area contributed by atoms with Crippen LogP contribution in [0.15, 0.2) is 0 Å². The zero-order valence-corrected chi connectivity index (χ0v) is 13.5. The molecule has 0 aliphatic carbocycles. The van der Waals surface area contributed by atoms with Crippen LogP contribution in [0.3, 0.4) is 0 Å². The fraction of sp³-hybridized carbons (Fsp3) is 0. The second-order valence-corrected chi connectivity index (χ2v) is 3.67. The van der Waals surface area contributed by atoms with Gasteiger partial charge in [0.2, 0.25) is 0 Å². The molecular formula is H2Ho2O13S3. The van der Waals surface area contributed by atoms with Gasteiger partial charge < -0.3 is 32.8 Å². The molecule has 0 rings (SSSR count). The Balaban J connectivity index is -0.0000000277. The van der Waals surface area contributed by atoms with Gasteiger partial charge in [-0.05, 0) is 0 Å². The van der Waals surface area contributed by atoms with Crippen molar-refractivity contribution in [3.8, 4) is 0 Å². The van der Waals surface area contributed by atoms with E-state index < -0.39 is 31.2 Å². The van der Waals surface area contributed by atoms with Crippen molar-refractivity contribution in [3.63, 3.8) is 0 Å². The molecular weight excluding hydrogens is 634 g/mol. The molecule has 0 saturated carbocycles. The summed E-state index contributed by atoms with van der Waals surface area (Å²) in [6.45, 7) is 0. The van der Waals surface area contributed by atoms with Crippen LogP contribution in [0.2, 0.25) is 0 Å². The maximum Gasteiger partial charge on any atom is 3.00 e. The SMILES string of the molecule is O.O=S(=O)([O-])[O-].O=S(=O)([O-])[O-].O=S(=O)([O-])[O-].[Ho+3].[Ho+3]. The molecule has 0 aliphatic heterocycles. The second-order valence-electron chi connectivity index (χ2n) is 1.22. The largest absolute Gasteiger partial charge is 3.00 e. The van der Waals surface area contributed by atoms with Crippen LogP contribution in [0.5, 0.6) is 0 Å². The molecule has 0 aromatic heterocycles. The molecule has 120 valence electrons. The molecule has 0 saturated heterocycles. The molecule has 0 aromatic carbocycles. The predicted octanol–water partition coefficient (Wildman–Crippen LogP) is -4.84. The van der Waals surface area contributed by atoms with Crippen molar-refractivity contribution >= 4 is 31.2 Å². The summed E-state index contributed by atoms with van der Waals surface area (Å²) in [5.74, 6) is 0. The molecule has 18 heavy (non-hydrogen) atoms. The zero-order chi connectivity index (χ0) is 13.5. The van der Waals surface area contributed by atoms with Crippen molar-refractivity contribution in [1.29, 1.82) is 0 Å². The number of hydrogen-bond donors (Lipinski definition) is 0. The summed E-state index contributed by atoms with van der Waals surface area (Å²) in [6.07, 6.45) is 0. The molecule has 0 spiro atoms. The normalized spacial score (nSPS) is 9.67. The smallest absolute Gasteiger partial charge is 0.759 e. The predicted molar refractivity (Wildman–Crippen MR) is 35.0 cm³/mol. The van der Waals surface area contributed by atoms with Crippen molar-refractivity contribution in [3.05, 3.63) is 0 Å². The summed E-state index contributed by atoms with van der Waals surface area (Å²) < 4.78 is 102. The van der Waals surface area contributed by atoms with Gasteiger partial charge in [0.25, 0.3) is 0 Å². The Kier molecular flexibility index (Phi) is 31.7. The number of rotatable bonds is 0. The minimum absolute atomic E-state index is 0. The third-order valence-electron chi connectivity index (χ3n) is 0. The van der Waals surface area contributed by atoms with E-state index in [0.29, 0.717) is 0 Å². The van der Waals surface area contributed by atoms with Crippen LogP contribution in [0, 0.1) is 75.5 Å². The summed E-state index contributed by atoms with van der Waals surface area (Å²) in [7, 11) is -15.5. The second kappa shape index (κ2) is 15.5. The first-order valence-corrected chi connectivity index (χ1v) is 6.00. The first-order chi connectivity index (χ1) is 6.00. The van der Waals surface area contributed by atoms with Gasteiger partial charge in [-0.25, -0.2) is 0 Å². The molecule has 0 heterocycles. The first-order valence-electron chi connectivity index (χ1n) is 2.00. The Morgan fingerprint density at radius 3 is 0.444 bits per heavy atom. The van der Waals surface area contributed by atoms with Gasteiger partial charge in [0.1, 0.15) is 0 Å². The average molecular weight is 636 g/mol. The number of hydrogen-bond acceptors (Lipinski definition) is 12. The van der Waals surface area contributed by atoms with E-state index in [1.165, 1.54) is 0 Å². The standard InChI is InChI=1S/2Ho.3H2O4S.H2O/c;;3*1-5(2,3)4;/h;;3*(H2,1,2,3,4);1H2/q2*+3;;;;/p-6. The minimum Gasteiger partial charge on any atom is -0.759 e. The molecule has 0 aromatic rings. The van der Waals surface area contributed by atoms with Crippen molar-refractivity contribution in [2.75, 3.05) is 0 Å². The Labute approximate surface area is 162 Å². The summed E-state index contributed by atoms with van der Waals surface area (Å²) in [6, 6.07) is 0. The first kappa shape index (κ1) is 36.9. The van der Waals surface area contributed by atoms with Crippen LogP contribution in [0.1, 0.15) is 0 Å². The molecule has 18 heteroatoms. The minimum atomic E-state index is -5.17. The molecule has 0 radical (unpaired) electrons. The fourth-order valence-corrected chi connectivity index (χ4v) is 0. The maximum absolute atomic E-state index is 8.52. The van der Waals surface area contributed by atoms with Crippen molar-refractivity contribution in [2.45, 2.75) is 0 Å². The van der Waals surface area contributed by atoms with E-state index in [-0.39, 0.29) is 81.0 Å². The van der Waals surface area contributed by atoms with Gasteiger partial charge in [-0.1, -0.05) is 0 Å². The van der Waals surface area contributed by atoms with Gasteiger partial charge in [0, 0.05) is 31.2 Å². The quantitative estimate of drug-likeness (QED) is 0.138. The van der Waals surface area contributed by atoms with Gasteiger partial charge in [-0.2, -0.15) is 0 Å². The molecule has 2 N–H and O–H groups in total. The van der Waals surface area contributed by atoms with E-state index >= 15 is 0 Å². The Hall–Kier alpha value is 2.09. The topological polar surface area (TPSA) is 272 Å². The van der Waals surface area contributed by atoms with Crippen LogP contribution >= 0.6 is 0 Å². The van der Waals surface area contributed by atoms with Gasteiger partial charge >= 0.3 is 75.5 Å². The summed E-state index contributed by atoms with van der Waals surface area (Å²) in [5, 5.41) is 0. The van der Waals surface area contributed by atoms with Crippen molar-refractivity contribution in [2.24, 2.45) is 0 Å². The molecule has 0 fully saturated rings. The Morgan fingerprint density at radius 2 is 0.444 bits per heavy atom. The fourth-order valence-electron chi connectivity index (χ4n) is 0. The Bertz CT molecular complexity index is 341. The molecule has 0 atom stereocenters. The van der Waals surface area contributed by atoms with E-state index in [0.717, 1.165) is 0 Å². The third kappa shape index (κ3) is 1210. The van der Waals surface area contributed by atoms with Crippen molar-refractivity contribution in [1.82, 2.24) is 0 Å². The van der Waals surface area contributed by atoms with Crippen LogP contribution in [-0.4, -0.2) is 58.0 Å². The third-order valence-corrected chi connectivity index (χ3v) is 0. The monoisotopic (exact) mass is 636 g/mol. The summed E-state index contributed by atoms with van der Waals surface area (Å²) in [4.78, 5) is 0. The molecule has 0 bridgehead atoms. The maximum atomic E-state index is 8.52. The average Bonchev–Trinajstić information content (AvgIpc) is 1.41. The Morgan fingerprint density at radius 1 is 0.444 bits per heavy atom. The van der Waals surface area contributed by atoms with Gasteiger partial charge in [0.15, 0.2) is 0 Å². The molecule has 0 unspecified atom stereocenters. The van der Waals surface area contributed by atoms with Crippen LogP contribution in [-0.2, 0) is 31.2 Å². The van der Waals surface area contributed by atoms with Gasteiger partial charge in [0.05, 0.1) is 0 Å². The van der Waals surface area contributed by atoms with Gasteiger partial charge in [-0.3, -0.25) is 25.3 Å². The molecule has 0 aliphatic rings. The van der Waals surface area contributed by atoms with Crippen LogP contribution in [0.4, 0.5) is 0 Å². The van der Waals surface area contributed by atoms with E-state index in [1.807, 2.05) is 0 Å². The van der Waals surface area contributed by atoms with E-state index in [4.69, 9.17) is 52.6 Å². The molecule has 0 amide bonds. The zero-order valence-electron chi connectivity index (χ0n) is 7.23. The summed E-state index contributed by atoms with van der Waals surface area (Å²) >= 11 is 0. The van der Waals surface area contributed by atoms with Gasteiger partial charge in [-0.15, -0.1) is 0 Å². The van der Waals surface area contributed by atoms with Crippen LogP contribution in [0.25, 0.3) is 0 Å². The molecule has 13 nitrogen and oxygen atoms in total. The van der Waals surface area contributed by atoms with Crippen molar-refractivity contribution < 1.29 is 134 Å². The van der Waals surface area contributed by atoms with E-state index in [1.54, 1.807) is 0 Å².